The first-order valence-electron chi connectivity index (χ1n) is 9.41. The number of aryl methyl sites for hydroxylation is 3. The van der Waals surface area contributed by atoms with Crippen molar-refractivity contribution in [3.8, 4) is 0 Å². The van der Waals surface area contributed by atoms with Gasteiger partial charge in [-0.25, -0.2) is 8.42 Å². The Morgan fingerprint density at radius 2 is 1.52 bits per heavy atom. The molecular formula is C21H25N3O4S. The normalized spacial score (nSPS) is 15.2. The van der Waals surface area contributed by atoms with Crippen molar-refractivity contribution < 1.29 is 18.0 Å². The predicted octanol–water partition coefficient (Wildman–Crippen LogP) is 2.33. The standard InChI is InChI=1S/C21H25N3O4S/c1-15-12-16(2)20(17(3)13-15)22-21(26)18-4-6-19(7-5-18)29(27,28)24-10-8-23(14-25)9-11-24/h4-7,12-14H,8-11H2,1-3H3,(H,22,26). The van der Waals surface area contributed by atoms with Crippen molar-refractivity contribution in [1.29, 1.82) is 0 Å². The molecule has 29 heavy (non-hydrogen) atoms. The lowest BCUT2D eigenvalue weighted by Crippen LogP contribution is -2.47. The smallest absolute Gasteiger partial charge is 0.255 e. The van der Waals surface area contributed by atoms with E-state index in [0.717, 1.165) is 28.8 Å². The topological polar surface area (TPSA) is 86.8 Å². The van der Waals surface area contributed by atoms with E-state index >= 15 is 0 Å². The first kappa shape index (κ1) is 21.0. The van der Waals surface area contributed by atoms with Gasteiger partial charge in [-0.05, 0) is 56.2 Å². The molecule has 0 spiro atoms. The van der Waals surface area contributed by atoms with Gasteiger partial charge in [0.25, 0.3) is 5.91 Å². The van der Waals surface area contributed by atoms with E-state index in [1.807, 2.05) is 32.9 Å². The summed E-state index contributed by atoms with van der Waals surface area (Å²) >= 11 is 0. The number of sulfonamides is 1. The Labute approximate surface area is 171 Å². The van der Waals surface area contributed by atoms with Gasteiger partial charge in [-0.2, -0.15) is 4.31 Å². The molecule has 1 N–H and O–H groups in total. The van der Waals surface area contributed by atoms with E-state index in [0.29, 0.717) is 18.7 Å². The van der Waals surface area contributed by atoms with Crippen molar-refractivity contribution in [1.82, 2.24) is 9.21 Å². The van der Waals surface area contributed by atoms with Crippen molar-refractivity contribution in [3.63, 3.8) is 0 Å². The summed E-state index contributed by atoms with van der Waals surface area (Å²) < 4.78 is 27.0. The highest BCUT2D eigenvalue weighted by Gasteiger charge is 2.28. The van der Waals surface area contributed by atoms with E-state index < -0.39 is 10.0 Å². The second-order valence-corrected chi connectivity index (χ2v) is 9.24. The minimum atomic E-state index is -3.65. The lowest BCUT2D eigenvalue weighted by atomic mass is 10.0. The summed E-state index contributed by atoms with van der Waals surface area (Å²) in [5, 5.41) is 2.92. The first-order valence-corrected chi connectivity index (χ1v) is 10.8. The third-order valence-corrected chi connectivity index (χ3v) is 7.01. The highest BCUT2D eigenvalue weighted by atomic mass is 32.2. The van der Waals surface area contributed by atoms with E-state index in [9.17, 15) is 18.0 Å². The number of hydrogen-bond donors (Lipinski definition) is 1. The Hall–Kier alpha value is -2.71. The lowest BCUT2D eigenvalue weighted by Gasteiger charge is -2.31. The SMILES string of the molecule is Cc1cc(C)c(NC(=O)c2ccc(S(=O)(=O)N3CCN(C=O)CC3)cc2)c(C)c1. The Morgan fingerprint density at radius 3 is 2.03 bits per heavy atom. The second-order valence-electron chi connectivity index (χ2n) is 7.30. The number of rotatable bonds is 5. The number of carbonyl (C=O) groups is 2. The van der Waals surface area contributed by atoms with Gasteiger partial charge in [0.05, 0.1) is 4.90 Å². The van der Waals surface area contributed by atoms with Crippen molar-refractivity contribution in [2.24, 2.45) is 0 Å². The zero-order valence-corrected chi connectivity index (χ0v) is 17.6. The molecule has 0 saturated carbocycles. The van der Waals surface area contributed by atoms with Crippen molar-refractivity contribution in [3.05, 3.63) is 58.7 Å². The molecule has 1 aliphatic heterocycles. The molecule has 2 aromatic carbocycles. The van der Waals surface area contributed by atoms with Gasteiger partial charge in [0.15, 0.2) is 0 Å². The predicted molar refractivity (Wildman–Crippen MR) is 111 cm³/mol. The van der Waals surface area contributed by atoms with Crippen LogP contribution in [0.15, 0.2) is 41.3 Å². The number of nitrogens with zero attached hydrogens (tertiary/aromatic N) is 2. The van der Waals surface area contributed by atoms with Crippen LogP contribution >= 0.6 is 0 Å². The quantitative estimate of drug-likeness (QED) is 0.760. The van der Waals surface area contributed by atoms with Gasteiger partial charge in [-0.1, -0.05) is 17.7 Å². The maximum Gasteiger partial charge on any atom is 0.255 e. The molecule has 1 fully saturated rings. The molecule has 0 aromatic heterocycles. The number of amides is 2. The van der Waals surface area contributed by atoms with Crippen LogP contribution in [0.4, 0.5) is 5.69 Å². The van der Waals surface area contributed by atoms with Crippen LogP contribution in [-0.2, 0) is 14.8 Å². The molecule has 0 aliphatic carbocycles. The van der Waals surface area contributed by atoms with Crippen molar-refractivity contribution >= 4 is 28.0 Å². The van der Waals surface area contributed by atoms with Crippen LogP contribution in [-0.4, -0.2) is 56.1 Å². The minimum absolute atomic E-state index is 0.135. The van der Waals surface area contributed by atoms with Gasteiger partial charge < -0.3 is 10.2 Å². The fourth-order valence-corrected chi connectivity index (χ4v) is 4.96. The Kier molecular flexibility index (Phi) is 6.04. The van der Waals surface area contributed by atoms with Crippen molar-refractivity contribution in [2.75, 3.05) is 31.5 Å². The number of piperazine rings is 1. The number of nitrogens with one attached hydrogen (secondary N) is 1. The molecule has 0 atom stereocenters. The Balaban J connectivity index is 1.74. The van der Waals surface area contributed by atoms with Crippen LogP contribution in [0.25, 0.3) is 0 Å². The largest absolute Gasteiger partial charge is 0.343 e. The van der Waals surface area contributed by atoms with Crippen LogP contribution in [0.3, 0.4) is 0 Å². The Bertz CT molecular complexity index is 1000. The van der Waals surface area contributed by atoms with Crippen LogP contribution in [0, 0.1) is 20.8 Å². The molecule has 0 bridgehead atoms. The monoisotopic (exact) mass is 415 g/mol. The maximum absolute atomic E-state index is 12.8. The average molecular weight is 416 g/mol. The molecule has 3 rings (SSSR count). The van der Waals surface area contributed by atoms with Gasteiger partial charge in [-0.3, -0.25) is 9.59 Å². The summed E-state index contributed by atoms with van der Waals surface area (Å²) in [5.41, 5.74) is 4.23. The number of carbonyl (C=O) groups excluding carboxylic acids is 2. The molecule has 8 heteroatoms. The van der Waals surface area contributed by atoms with Gasteiger partial charge in [-0.15, -0.1) is 0 Å². The van der Waals surface area contributed by atoms with Crippen molar-refractivity contribution in [2.45, 2.75) is 25.7 Å². The van der Waals surface area contributed by atoms with E-state index in [4.69, 9.17) is 0 Å². The van der Waals surface area contributed by atoms with Crippen LogP contribution < -0.4 is 5.32 Å². The van der Waals surface area contributed by atoms with Gasteiger partial charge in [0.1, 0.15) is 0 Å². The third kappa shape index (κ3) is 4.49. The molecule has 7 nitrogen and oxygen atoms in total. The minimum Gasteiger partial charge on any atom is -0.343 e. The molecule has 2 amide bonds. The molecule has 1 aliphatic rings. The molecule has 0 unspecified atom stereocenters. The van der Waals surface area contributed by atoms with Gasteiger partial charge in [0.2, 0.25) is 16.4 Å². The highest BCUT2D eigenvalue weighted by Crippen LogP contribution is 2.23. The fourth-order valence-electron chi connectivity index (χ4n) is 3.54. The fraction of sp³-hybridized carbons (Fsp3) is 0.333. The second kappa shape index (κ2) is 8.34. The van der Waals surface area contributed by atoms with Gasteiger partial charge >= 0.3 is 0 Å². The lowest BCUT2D eigenvalue weighted by molar-refractivity contribution is -0.119. The average Bonchev–Trinajstić information content (AvgIpc) is 2.70. The molecule has 154 valence electrons. The third-order valence-electron chi connectivity index (χ3n) is 5.09. The molecule has 2 aromatic rings. The molecule has 0 radical (unpaired) electrons. The molecule has 1 heterocycles. The van der Waals surface area contributed by atoms with Gasteiger partial charge in [0, 0.05) is 37.4 Å². The van der Waals surface area contributed by atoms with Crippen LogP contribution in [0.2, 0.25) is 0 Å². The van der Waals surface area contributed by atoms with E-state index in [2.05, 4.69) is 5.32 Å². The summed E-state index contributed by atoms with van der Waals surface area (Å²) in [7, 11) is -3.65. The molecular weight excluding hydrogens is 390 g/mol. The number of benzene rings is 2. The first-order chi connectivity index (χ1) is 13.7. The number of anilines is 1. The summed E-state index contributed by atoms with van der Waals surface area (Å²) in [6.07, 6.45) is 0.731. The molecule has 1 saturated heterocycles. The zero-order chi connectivity index (χ0) is 21.2. The number of hydrogen-bond acceptors (Lipinski definition) is 4. The zero-order valence-electron chi connectivity index (χ0n) is 16.8. The van der Waals surface area contributed by atoms with E-state index in [1.165, 1.54) is 28.6 Å². The van der Waals surface area contributed by atoms with E-state index in [-0.39, 0.29) is 23.9 Å². The summed E-state index contributed by atoms with van der Waals surface area (Å²) in [6.45, 7) is 7.15. The Morgan fingerprint density at radius 1 is 0.966 bits per heavy atom. The van der Waals surface area contributed by atoms with Crippen LogP contribution in [0.5, 0.6) is 0 Å². The van der Waals surface area contributed by atoms with Crippen LogP contribution in [0.1, 0.15) is 27.0 Å². The summed E-state index contributed by atoms with van der Waals surface area (Å²) in [6, 6.07) is 9.94. The van der Waals surface area contributed by atoms with E-state index in [1.54, 1.807) is 4.90 Å². The maximum atomic E-state index is 12.8. The summed E-state index contributed by atoms with van der Waals surface area (Å²) in [4.78, 5) is 25.1. The highest BCUT2D eigenvalue weighted by molar-refractivity contribution is 7.89. The summed E-state index contributed by atoms with van der Waals surface area (Å²) in [5.74, 6) is -0.288.